The Morgan fingerprint density at radius 1 is 0.967 bits per heavy atom. The highest BCUT2D eigenvalue weighted by Crippen LogP contribution is 2.21. The lowest BCUT2D eigenvalue weighted by molar-refractivity contribution is 0.102. The maximum atomic E-state index is 12.5. The van der Waals surface area contributed by atoms with Crippen LogP contribution in [-0.2, 0) is 6.54 Å². The first kappa shape index (κ1) is 19.9. The Morgan fingerprint density at radius 3 is 2.40 bits per heavy atom. The van der Waals surface area contributed by atoms with E-state index < -0.39 is 0 Å². The predicted molar refractivity (Wildman–Crippen MR) is 119 cm³/mol. The van der Waals surface area contributed by atoms with Gasteiger partial charge in [-0.05, 0) is 29.8 Å². The number of methoxy groups -OCH3 is 1. The molecule has 4 rings (SSSR count). The first-order chi connectivity index (χ1) is 14.7. The van der Waals surface area contributed by atoms with Gasteiger partial charge in [0.15, 0.2) is 0 Å². The molecule has 0 unspecified atom stereocenters. The van der Waals surface area contributed by atoms with Crippen LogP contribution in [0.1, 0.15) is 15.9 Å². The van der Waals surface area contributed by atoms with Gasteiger partial charge in [0.2, 0.25) is 0 Å². The Hall–Kier alpha value is -3.38. The van der Waals surface area contributed by atoms with Crippen molar-refractivity contribution in [3.63, 3.8) is 0 Å². The molecule has 1 saturated heterocycles. The summed E-state index contributed by atoms with van der Waals surface area (Å²) in [5, 5.41) is 2.89. The minimum atomic E-state index is -0.212. The Labute approximate surface area is 177 Å². The van der Waals surface area contributed by atoms with Crippen molar-refractivity contribution in [3.05, 3.63) is 84.1 Å². The number of anilines is 2. The van der Waals surface area contributed by atoms with E-state index in [9.17, 15) is 4.79 Å². The summed E-state index contributed by atoms with van der Waals surface area (Å²) in [6, 6.07) is 21.6. The quantitative estimate of drug-likeness (QED) is 0.682. The molecule has 1 amide bonds. The monoisotopic (exact) mass is 402 g/mol. The number of para-hydroxylation sites is 1. The maximum Gasteiger partial charge on any atom is 0.259 e. The Kier molecular flexibility index (Phi) is 6.25. The summed E-state index contributed by atoms with van der Waals surface area (Å²) in [4.78, 5) is 21.8. The third-order valence-electron chi connectivity index (χ3n) is 5.30. The molecular weight excluding hydrogens is 376 g/mol. The van der Waals surface area contributed by atoms with Gasteiger partial charge >= 0.3 is 0 Å². The summed E-state index contributed by atoms with van der Waals surface area (Å²) >= 11 is 0. The number of nitrogens with one attached hydrogen (secondary N) is 1. The topological polar surface area (TPSA) is 57.7 Å². The van der Waals surface area contributed by atoms with Crippen LogP contribution < -0.4 is 15.0 Å². The van der Waals surface area contributed by atoms with Crippen LogP contribution in [0.25, 0.3) is 0 Å². The molecule has 1 aliphatic heterocycles. The van der Waals surface area contributed by atoms with Gasteiger partial charge in [-0.3, -0.25) is 9.69 Å². The molecular formula is C24H26N4O2. The zero-order valence-electron chi connectivity index (χ0n) is 17.1. The van der Waals surface area contributed by atoms with Crippen molar-refractivity contribution in [2.75, 3.05) is 43.5 Å². The van der Waals surface area contributed by atoms with E-state index >= 15 is 0 Å². The first-order valence-electron chi connectivity index (χ1n) is 10.1. The van der Waals surface area contributed by atoms with Crippen molar-refractivity contribution in [2.24, 2.45) is 0 Å². The van der Waals surface area contributed by atoms with Gasteiger partial charge < -0.3 is 15.0 Å². The van der Waals surface area contributed by atoms with E-state index in [2.05, 4.69) is 50.4 Å². The molecule has 2 heterocycles. The lowest BCUT2D eigenvalue weighted by atomic mass is 10.2. The summed E-state index contributed by atoms with van der Waals surface area (Å²) in [5.41, 5.74) is 2.51. The number of pyridine rings is 1. The second-order valence-electron chi connectivity index (χ2n) is 7.31. The van der Waals surface area contributed by atoms with E-state index in [1.54, 1.807) is 25.4 Å². The summed E-state index contributed by atoms with van der Waals surface area (Å²) in [6.07, 6.45) is 1.71. The lowest BCUT2D eigenvalue weighted by Gasteiger charge is -2.35. The van der Waals surface area contributed by atoms with E-state index in [1.807, 2.05) is 24.3 Å². The zero-order chi connectivity index (χ0) is 20.8. The maximum absolute atomic E-state index is 12.5. The number of nitrogens with zero attached hydrogens (tertiary/aromatic N) is 3. The Bertz CT molecular complexity index is 968. The van der Waals surface area contributed by atoms with E-state index in [1.165, 1.54) is 5.56 Å². The fraction of sp³-hybridized carbons (Fsp3) is 0.250. The van der Waals surface area contributed by atoms with Gasteiger partial charge in [0.25, 0.3) is 5.91 Å². The smallest absolute Gasteiger partial charge is 0.259 e. The highest BCUT2D eigenvalue weighted by atomic mass is 16.5. The van der Waals surface area contributed by atoms with Gasteiger partial charge in [-0.15, -0.1) is 0 Å². The summed E-state index contributed by atoms with van der Waals surface area (Å²) < 4.78 is 5.26. The molecule has 2 aromatic carbocycles. The first-order valence-corrected chi connectivity index (χ1v) is 10.1. The predicted octanol–water partition coefficient (Wildman–Crippen LogP) is 3.66. The van der Waals surface area contributed by atoms with Crippen molar-refractivity contribution < 1.29 is 9.53 Å². The number of hydrogen-bond donors (Lipinski definition) is 1. The molecule has 30 heavy (non-hydrogen) atoms. The molecule has 0 bridgehead atoms. The van der Waals surface area contributed by atoms with Gasteiger partial charge in [-0.1, -0.05) is 42.5 Å². The van der Waals surface area contributed by atoms with Crippen molar-refractivity contribution in [1.82, 2.24) is 9.88 Å². The minimum absolute atomic E-state index is 0.212. The third kappa shape index (κ3) is 4.78. The van der Waals surface area contributed by atoms with E-state index in [-0.39, 0.29) is 5.91 Å². The van der Waals surface area contributed by atoms with Crippen molar-refractivity contribution in [1.29, 1.82) is 0 Å². The fourth-order valence-electron chi connectivity index (χ4n) is 3.65. The van der Waals surface area contributed by atoms with Crippen molar-refractivity contribution >= 4 is 17.4 Å². The Morgan fingerprint density at radius 2 is 1.70 bits per heavy atom. The number of amides is 1. The number of ether oxygens (including phenoxy) is 1. The molecule has 1 fully saturated rings. The van der Waals surface area contributed by atoms with Crippen LogP contribution in [0.4, 0.5) is 11.5 Å². The second-order valence-corrected chi connectivity index (χ2v) is 7.31. The molecule has 0 spiro atoms. The van der Waals surface area contributed by atoms with Crippen molar-refractivity contribution in [2.45, 2.75) is 6.54 Å². The van der Waals surface area contributed by atoms with Crippen LogP contribution in [0, 0.1) is 0 Å². The summed E-state index contributed by atoms with van der Waals surface area (Å²) in [7, 11) is 1.56. The van der Waals surface area contributed by atoms with Crippen LogP contribution in [0.15, 0.2) is 72.9 Å². The van der Waals surface area contributed by atoms with Crippen LogP contribution in [0.5, 0.6) is 5.75 Å². The van der Waals surface area contributed by atoms with Crippen LogP contribution in [0.2, 0.25) is 0 Å². The third-order valence-corrected chi connectivity index (χ3v) is 5.30. The molecule has 1 aromatic heterocycles. The lowest BCUT2D eigenvalue weighted by Crippen LogP contribution is -2.46. The molecule has 0 saturated carbocycles. The highest BCUT2D eigenvalue weighted by Gasteiger charge is 2.18. The second kappa shape index (κ2) is 9.41. The molecule has 0 aliphatic carbocycles. The number of carbonyl (C=O) groups excluding carboxylic acids is 1. The SMILES string of the molecule is COc1ccccc1C(=O)Nc1ccc(N2CCN(Cc3ccccc3)CC2)nc1. The molecule has 6 nitrogen and oxygen atoms in total. The Balaban J connectivity index is 1.32. The minimum Gasteiger partial charge on any atom is -0.496 e. The number of hydrogen-bond acceptors (Lipinski definition) is 5. The van der Waals surface area contributed by atoms with E-state index in [4.69, 9.17) is 4.74 Å². The van der Waals surface area contributed by atoms with Crippen LogP contribution >= 0.6 is 0 Å². The van der Waals surface area contributed by atoms with E-state index in [0.717, 1.165) is 38.5 Å². The summed E-state index contributed by atoms with van der Waals surface area (Å²) in [6.45, 7) is 4.86. The average molecular weight is 402 g/mol. The van der Waals surface area contributed by atoms with Gasteiger partial charge in [0, 0.05) is 32.7 Å². The largest absolute Gasteiger partial charge is 0.496 e. The van der Waals surface area contributed by atoms with Gasteiger partial charge in [0.05, 0.1) is 24.6 Å². The van der Waals surface area contributed by atoms with Crippen LogP contribution in [-0.4, -0.2) is 49.1 Å². The van der Waals surface area contributed by atoms with Gasteiger partial charge in [-0.25, -0.2) is 4.98 Å². The van der Waals surface area contributed by atoms with Crippen molar-refractivity contribution in [3.8, 4) is 5.75 Å². The van der Waals surface area contributed by atoms with Gasteiger partial charge in [-0.2, -0.15) is 0 Å². The number of piperazine rings is 1. The molecule has 3 aromatic rings. The molecule has 0 radical (unpaired) electrons. The normalized spacial score (nSPS) is 14.4. The fourth-order valence-corrected chi connectivity index (χ4v) is 3.65. The summed E-state index contributed by atoms with van der Waals surface area (Å²) in [5.74, 6) is 1.27. The standard InChI is InChI=1S/C24H26N4O2/c1-30-22-10-6-5-9-21(22)24(29)26-20-11-12-23(25-17-20)28-15-13-27(14-16-28)18-19-7-3-2-4-8-19/h2-12,17H,13-16,18H2,1H3,(H,26,29). The number of rotatable bonds is 6. The zero-order valence-corrected chi connectivity index (χ0v) is 17.1. The molecule has 1 aliphatic rings. The highest BCUT2D eigenvalue weighted by molar-refractivity contribution is 6.06. The molecule has 1 N–H and O–H groups in total. The molecule has 0 atom stereocenters. The number of carbonyl (C=O) groups is 1. The number of aromatic nitrogens is 1. The van der Waals surface area contributed by atoms with Crippen LogP contribution in [0.3, 0.4) is 0 Å². The molecule has 6 heteroatoms. The number of benzene rings is 2. The average Bonchev–Trinajstić information content (AvgIpc) is 2.81. The van der Waals surface area contributed by atoms with Gasteiger partial charge in [0.1, 0.15) is 11.6 Å². The van der Waals surface area contributed by atoms with E-state index in [0.29, 0.717) is 17.0 Å². The molecule has 154 valence electrons.